The highest BCUT2D eigenvalue weighted by Crippen LogP contribution is 2.35. The Kier molecular flexibility index (Phi) is 10.4. The van der Waals surface area contributed by atoms with Gasteiger partial charge in [-0.05, 0) is 70.4 Å². The Morgan fingerprint density at radius 2 is 2.00 bits per heavy atom. The maximum Gasteiger partial charge on any atom is 0.234 e. The van der Waals surface area contributed by atoms with Gasteiger partial charge in [0.2, 0.25) is 5.91 Å². The summed E-state index contributed by atoms with van der Waals surface area (Å²) in [5.41, 5.74) is 2.15. The van der Waals surface area contributed by atoms with E-state index in [9.17, 15) is 9.18 Å². The fourth-order valence-corrected chi connectivity index (χ4v) is 5.05. The third kappa shape index (κ3) is 7.69. The second-order valence-corrected chi connectivity index (χ2v) is 10.2. The Morgan fingerprint density at radius 3 is 2.62 bits per heavy atom. The SMILES string of the molecule is C=C/C(=C\C(=C/C)OC(C)c1c(Cl)ccc(F)c1Cl)c1cnn(C2CCN(CC(=O)NC(C)C)CC2)c1. The van der Waals surface area contributed by atoms with E-state index in [0.717, 1.165) is 37.1 Å². The second-order valence-electron chi connectivity index (χ2n) is 9.45. The maximum atomic E-state index is 14.0. The number of rotatable bonds is 10. The molecule has 1 amide bonds. The van der Waals surface area contributed by atoms with Gasteiger partial charge in [-0.25, -0.2) is 4.39 Å². The molecule has 2 aromatic rings. The first kappa shape index (κ1) is 29.0. The van der Waals surface area contributed by atoms with Gasteiger partial charge in [-0.15, -0.1) is 0 Å². The van der Waals surface area contributed by atoms with Crippen LogP contribution in [0.3, 0.4) is 0 Å². The van der Waals surface area contributed by atoms with E-state index in [2.05, 4.69) is 21.9 Å². The zero-order valence-corrected chi connectivity index (χ0v) is 23.3. The number of nitrogens with zero attached hydrogens (tertiary/aromatic N) is 3. The number of hydrogen-bond acceptors (Lipinski definition) is 4. The van der Waals surface area contributed by atoms with Crippen molar-refractivity contribution in [3.63, 3.8) is 0 Å². The lowest BCUT2D eigenvalue weighted by Gasteiger charge is -2.31. The van der Waals surface area contributed by atoms with E-state index in [1.807, 2.05) is 50.0 Å². The summed E-state index contributed by atoms with van der Waals surface area (Å²) < 4.78 is 22.1. The molecule has 1 fully saturated rings. The van der Waals surface area contributed by atoms with Gasteiger partial charge in [-0.2, -0.15) is 5.10 Å². The van der Waals surface area contributed by atoms with Crippen molar-refractivity contribution in [2.75, 3.05) is 19.6 Å². The van der Waals surface area contributed by atoms with Gasteiger partial charge in [0.05, 0.1) is 23.8 Å². The Balaban J connectivity index is 1.66. The highest BCUT2D eigenvalue weighted by molar-refractivity contribution is 6.36. The van der Waals surface area contributed by atoms with Gasteiger partial charge in [-0.1, -0.05) is 35.9 Å². The number of ether oxygens (including phenoxy) is 1. The third-order valence-electron chi connectivity index (χ3n) is 6.28. The first-order chi connectivity index (χ1) is 17.6. The Bertz CT molecular complexity index is 1170. The molecule has 9 heteroatoms. The summed E-state index contributed by atoms with van der Waals surface area (Å²) in [5, 5.41) is 7.85. The molecule has 1 unspecified atom stereocenters. The number of amides is 1. The highest BCUT2D eigenvalue weighted by atomic mass is 35.5. The molecular weight excluding hydrogens is 514 g/mol. The van der Waals surface area contributed by atoms with Crippen molar-refractivity contribution in [2.24, 2.45) is 0 Å². The minimum absolute atomic E-state index is 0.0451. The molecule has 1 atom stereocenters. The number of carbonyl (C=O) groups is 1. The van der Waals surface area contributed by atoms with Gasteiger partial charge in [0.15, 0.2) is 0 Å². The van der Waals surface area contributed by atoms with Crippen LogP contribution in [0.1, 0.15) is 63.8 Å². The summed E-state index contributed by atoms with van der Waals surface area (Å²) in [5.74, 6) is 0.0892. The lowest BCUT2D eigenvalue weighted by atomic mass is 10.0. The fourth-order valence-electron chi connectivity index (χ4n) is 4.38. The zero-order chi connectivity index (χ0) is 27.1. The normalized spacial score (nSPS) is 16.6. The van der Waals surface area contributed by atoms with E-state index in [-0.39, 0.29) is 23.0 Å². The largest absolute Gasteiger partial charge is 0.486 e. The van der Waals surface area contributed by atoms with Crippen molar-refractivity contribution >= 4 is 34.7 Å². The van der Waals surface area contributed by atoms with E-state index in [0.29, 0.717) is 22.9 Å². The molecule has 1 aromatic heterocycles. The third-order valence-corrected chi connectivity index (χ3v) is 7.00. The fraction of sp³-hybridized carbons (Fsp3) is 0.429. The monoisotopic (exact) mass is 548 g/mol. The minimum Gasteiger partial charge on any atom is -0.486 e. The summed E-state index contributed by atoms with van der Waals surface area (Å²) in [6, 6.07) is 3.11. The molecule has 0 aliphatic carbocycles. The van der Waals surface area contributed by atoms with Crippen molar-refractivity contribution in [1.82, 2.24) is 20.0 Å². The quantitative estimate of drug-likeness (QED) is 0.203. The lowest BCUT2D eigenvalue weighted by Crippen LogP contribution is -2.43. The Labute approximate surface area is 228 Å². The van der Waals surface area contributed by atoms with Crippen LogP contribution in [0.2, 0.25) is 10.0 Å². The molecular formula is C28H35Cl2FN4O2. The molecule has 1 aliphatic rings. The van der Waals surface area contributed by atoms with Gasteiger partial charge >= 0.3 is 0 Å². The average molecular weight is 550 g/mol. The Hall–Kier alpha value is -2.61. The van der Waals surface area contributed by atoms with Crippen LogP contribution in [0.15, 0.2) is 55.1 Å². The van der Waals surface area contributed by atoms with Gasteiger partial charge in [0, 0.05) is 41.5 Å². The van der Waals surface area contributed by atoms with E-state index in [1.165, 1.54) is 12.1 Å². The zero-order valence-electron chi connectivity index (χ0n) is 21.8. The smallest absolute Gasteiger partial charge is 0.234 e. The summed E-state index contributed by atoms with van der Waals surface area (Å²) in [6.45, 7) is 13.6. The van der Waals surface area contributed by atoms with Crippen molar-refractivity contribution < 1.29 is 13.9 Å². The number of allylic oxidation sites excluding steroid dienone is 4. The van der Waals surface area contributed by atoms with Gasteiger partial charge in [0.25, 0.3) is 0 Å². The summed E-state index contributed by atoms with van der Waals surface area (Å²) >= 11 is 12.4. The summed E-state index contributed by atoms with van der Waals surface area (Å²) in [4.78, 5) is 14.2. The van der Waals surface area contributed by atoms with Crippen LogP contribution < -0.4 is 5.32 Å². The van der Waals surface area contributed by atoms with Crippen molar-refractivity contribution in [2.45, 2.75) is 58.7 Å². The number of benzene rings is 1. The molecule has 200 valence electrons. The van der Waals surface area contributed by atoms with E-state index >= 15 is 0 Å². The molecule has 3 rings (SSSR count). The number of piperidine rings is 1. The number of likely N-dealkylation sites (tertiary alicyclic amines) is 1. The molecule has 1 aromatic carbocycles. The average Bonchev–Trinajstić information content (AvgIpc) is 3.34. The second kappa shape index (κ2) is 13.3. The molecule has 1 saturated heterocycles. The number of hydrogen-bond donors (Lipinski definition) is 1. The molecule has 1 aliphatic heterocycles. The number of halogens is 3. The van der Waals surface area contributed by atoms with Crippen LogP contribution in [0.5, 0.6) is 0 Å². The maximum absolute atomic E-state index is 14.0. The molecule has 1 N–H and O–H groups in total. The molecule has 0 bridgehead atoms. The Morgan fingerprint density at radius 1 is 1.30 bits per heavy atom. The number of carbonyl (C=O) groups excluding carboxylic acids is 1. The number of nitrogens with one attached hydrogen (secondary N) is 1. The molecule has 0 saturated carbocycles. The first-order valence-corrected chi connectivity index (χ1v) is 13.2. The van der Waals surface area contributed by atoms with Crippen LogP contribution in [0.25, 0.3) is 5.57 Å². The van der Waals surface area contributed by atoms with Crippen LogP contribution in [0, 0.1) is 5.82 Å². The van der Waals surface area contributed by atoms with Crippen molar-refractivity contribution in [3.8, 4) is 0 Å². The van der Waals surface area contributed by atoms with Gasteiger partial charge in [-0.3, -0.25) is 14.4 Å². The van der Waals surface area contributed by atoms with Crippen molar-refractivity contribution in [3.05, 3.63) is 82.1 Å². The van der Waals surface area contributed by atoms with Crippen LogP contribution in [-0.2, 0) is 9.53 Å². The van der Waals surface area contributed by atoms with Crippen LogP contribution >= 0.6 is 23.2 Å². The first-order valence-electron chi connectivity index (χ1n) is 12.5. The molecule has 2 heterocycles. The lowest BCUT2D eigenvalue weighted by molar-refractivity contribution is -0.123. The van der Waals surface area contributed by atoms with Crippen LogP contribution in [-0.4, -0.2) is 46.3 Å². The van der Waals surface area contributed by atoms with Crippen LogP contribution in [0.4, 0.5) is 4.39 Å². The van der Waals surface area contributed by atoms with E-state index < -0.39 is 11.9 Å². The highest BCUT2D eigenvalue weighted by Gasteiger charge is 2.23. The predicted molar refractivity (Wildman–Crippen MR) is 148 cm³/mol. The van der Waals surface area contributed by atoms with E-state index in [4.69, 9.17) is 27.9 Å². The van der Waals surface area contributed by atoms with Gasteiger partial charge in [0.1, 0.15) is 17.7 Å². The molecule has 37 heavy (non-hydrogen) atoms. The minimum atomic E-state index is -0.570. The topological polar surface area (TPSA) is 59.4 Å². The molecule has 6 nitrogen and oxygen atoms in total. The molecule has 0 spiro atoms. The van der Waals surface area contributed by atoms with E-state index in [1.54, 1.807) is 13.0 Å². The number of aromatic nitrogens is 2. The van der Waals surface area contributed by atoms with Crippen molar-refractivity contribution in [1.29, 1.82) is 0 Å². The predicted octanol–water partition coefficient (Wildman–Crippen LogP) is 6.74. The summed E-state index contributed by atoms with van der Waals surface area (Å²) in [6.07, 6.45) is 10.5. The standard InChI is InChI=1S/C28H35Cl2FN4O2/c1-6-20(14-23(7-2)37-19(5)27-24(29)8-9-25(31)28(27)30)21-15-32-35(16-21)22-10-12-34(13-11-22)17-26(36)33-18(3)4/h6-9,14-16,18-19,22H,1,10-13,17H2,2-5H3,(H,33,36)/b20-14+,23-7+. The summed E-state index contributed by atoms with van der Waals surface area (Å²) in [7, 11) is 0. The van der Waals surface area contributed by atoms with Gasteiger partial charge < -0.3 is 10.1 Å². The molecule has 0 radical (unpaired) electrons.